The highest BCUT2D eigenvalue weighted by atomic mass is 16.5. The van der Waals surface area contributed by atoms with E-state index in [1.807, 2.05) is 0 Å². The zero-order chi connectivity index (χ0) is 42.4. The highest BCUT2D eigenvalue weighted by Gasteiger charge is 2.24. The maximum absolute atomic E-state index is 13.2. The van der Waals surface area contributed by atoms with E-state index in [9.17, 15) is 19.8 Å². The molecule has 3 unspecified atom stereocenters. The number of hydrogen-bond acceptors (Lipinski definition) is 5. The molecule has 340 valence electrons. The van der Waals surface area contributed by atoms with Gasteiger partial charge in [0.15, 0.2) is 0 Å². The van der Waals surface area contributed by atoms with E-state index in [1.54, 1.807) is 0 Å². The van der Waals surface area contributed by atoms with Gasteiger partial charge in [-0.3, -0.25) is 9.59 Å². The molecule has 6 heteroatoms. The van der Waals surface area contributed by atoms with Crippen molar-refractivity contribution in [3.63, 3.8) is 0 Å². The monoisotopic (exact) mass is 816 g/mol. The van der Waals surface area contributed by atoms with E-state index in [1.165, 1.54) is 128 Å². The Balaban J connectivity index is 4.62. The minimum Gasteiger partial charge on any atom is -0.462 e. The van der Waals surface area contributed by atoms with Crippen LogP contribution in [0.15, 0.2) is 36.5 Å². The topological polar surface area (TPSA) is 95.9 Å². The van der Waals surface area contributed by atoms with Gasteiger partial charge in [-0.05, 0) is 77.0 Å². The highest BCUT2D eigenvalue weighted by molar-refractivity contribution is 5.77. The number of rotatable bonds is 45. The average molecular weight is 816 g/mol. The molecule has 0 rings (SSSR count). The Morgan fingerprint density at radius 1 is 0.500 bits per heavy atom. The molecule has 6 nitrogen and oxygen atoms in total. The Bertz CT molecular complexity index is 961. The molecule has 0 fully saturated rings. The lowest BCUT2D eigenvalue weighted by Crippen LogP contribution is -2.46. The van der Waals surface area contributed by atoms with Gasteiger partial charge in [0.05, 0.1) is 25.2 Å². The maximum atomic E-state index is 13.2. The molecule has 58 heavy (non-hydrogen) atoms. The molecule has 0 saturated carbocycles. The summed E-state index contributed by atoms with van der Waals surface area (Å²) in [6, 6.07) is -0.708. The van der Waals surface area contributed by atoms with E-state index in [4.69, 9.17) is 4.74 Å². The van der Waals surface area contributed by atoms with Gasteiger partial charge >= 0.3 is 5.97 Å². The van der Waals surface area contributed by atoms with Crippen LogP contribution < -0.4 is 5.32 Å². The van der Waals surface area contributed by atoms with Crippen molar-refractivity contribution in [1.82, 2.24) is 5.32 Å². The Morgan fingerprint density at radius 3 is 1.36 bits per heavy atom. The zero-order valence-corrected chi connectivity index (χ0v) is 38.7. The molecule has 0 radical (unpaired) electrons. The third-order valence-corrected chi connectivity index (χ3v) is 11.5. The van der Waals surface area contributed by atoms with Gasteiger partial charge in [0.25, 0.3) is 0 Å². The second-order valence-corrected chi connectivity index (χ2v) is 17.2. The van der Waals surface area contributed by atoms with Crippen molar-refractivity contribution in [1.29, 1.82) is 0 Å². The minimum atomic E-state index is -0.793. The van der Waals surface area contributed by atoms with E-state index in [2.05, 4.69) is 62.5 Å². The average Bonchev–Trinajstić information content (AvgIpc) is 3.22. The largest absolute Gasteiger partial charge is 0.462 e. The fraction of sp³-hybridized carbons (Fsp3) is 0.846. The first-order valence-corrected chi connectivity index (χ1v) is 25.2. The van der Waals surface area contributed by atoms with Gasteiger partial charge in [0.1, 0.15) is 6.10 Å². The molecule has 0 bridgehead atoms. The Labute approximate surface area is 360 Å². The normalized spacial score (nSPS) is 13.5. The predicted molar refractivity (Wildman–Crippen MR) is 250 cm³/mol. The third-order valence-electron chi connectivity index (χ3n) is 11.5. The summed E-state index contributed by atoms with van der Waals surface area (Å²) in [4.78, 5) is 26.1. The summed E-state index contributed by atoms with van der Waals surface area (Å²) in [5.41, 5.74) is 0. The van der Waals surface area contributed by atoms with Gasteiger partial charge in [0, 0.05) is 6.42 Å². The Morgan fingerprint density at radius 2 is 0.879 bits per heavy atom. The second-order valence-electron chi connectivity index (χ2n) is 17.2. The second kappa shape index (κ2) is 46.2. The molecule has 1 amide bonds. The third kappa shape index (κ3) is 40.8. The number of nitrogens with one attached hydrogen (secondary N) is 1. The van der Waals surface area contributed by atoms with Gasteiger partial charge in [-0.2, -0.15) is 0 Å². The number of ether oxygens (including phenoxy) is 1. The standard InChI is InChI=1S/C52H97NO5/c1-4-7-10-13-16-19-22-25-27-30-33-36-39-42-45-52(57)58-48(43-40-37-34-31-28-26-23-20-17-14-11-8-5-2)46-51(56)53-49(47-54)50(55)44-41-38-35-32-29-24-21-18-15-12-9-6-3/h17,20,23,26-27,30,48-50,54-55H,4-16,18-19,21-22,24-25,28-29,31-47H2,1-3H3,(H,53,56)/b20-17+,26-23+,30-27-. The number of hydrogen-bond donors (Lipinski definition) is 3. The summed E-state index contributed by atoms with van der Waals surface area (Å²) in [5, 5.41) is 23.7. The molecule has 0 saturated heterocycles. The van der Waals surface area contributed by atoms with E-state index in [0.29, 0.717) is 19.3 Å². The van der Waals surface area contributed by atoms with Crippen molar-refractivity contribution in [3.05, 3.63) is 36.5 Å². The van der Waals surface area contributed by atoms with Crippen LogP contribution in [0.2, 0.25) is 0 Å². The molecular formula is C52H97NO5. The van der Waals surface area contributed by atoms with Crippen molar-refractivity contribution in [3.8, 4) is 0 Å². The van der Waals surface area contributed by atoms with Gasteiger partial charge in [-0.1, -0.05) is 205 Å². The zero-order valence-electron chi connectivity index (χ0n) is 38.7. The van der Waals surface area contributed by atoms with E-state index in [-0.39, 0.29) is 24.9 Å². The van der Waals surface area contributed by atoms with E-state index >= 15 is 0 Å². The van der Waals surface area contributed by atoms with Gasteiger partial charge in [0.2, 0.25) is 5.91 Å². The van der Waals surface area contributed by atoms with Crippen molar-refractivity contribution in [2.75, 3.05) is 6.61 Å². The molecule has 0 aromatic rings. The van der Waals surface area contributed by atoms with Crippen LogP contribution in [-0.4, -0.2) is 46.9 Å². The lowest BCUT2D eigenvalue weighted by Gasteiger charge is -2.24. The molecule has 0 heterocycles. The molecule has 3 atom stereocenters. The predicted octanol–water partition coefficient (Wildman–Crippen LogP) is 14.9. The van der Waals surface area contributed by atoms with Crippen LogP contribution in [0.5, 0.6) is 0 Å². The Kier molecular flexibility index (Phi) is 44.6. The number of allylic oxidation sites excluding steroid dienone is 6. The number of esters is 1. The van der Waals surface area contributed by atoms with Crippen LogP contribution >= 0.6 is 0 Å². The molecule has 0 aromatic carbocycles. The van der Waals surface area contributed by atoms with Crippen molar-refractivity contribution >= 4 is 11.9 Å². The van der Waals surface area contributed by atoms with Crippen molar-refractivity contribution < 1.29 is 24.5 Å². The molecule has 3 N–H and O–H groups in total. The van der Waals surface area contributed by atoms with E-state index < -0.39 is 18.2 Å². The van der Waals surface area contributed by atoms with Crippen LogP contribution in [0.25, 0.3) is 0 Å². The summed E-state index contributed by atoms with van der Waals surface area (Å²) in [7, 11) is 0. The number of carbonyl (C=O) groups is 2. The quantitative estimate of drug-likeness (QED) is 0.0246. The fourth-order valence-electron chi connectivity index (χ4n) is 7.59. The molecule has 0 aliphatic heterocycles. The SMILES string of the molecule is CCCCC/C=C/C=C/CCCCCCC(CC(=O)NC(CO)C(O)CCCCCCCCCCCCCC)OC(=O)CCCCC/C=C\CCCCCCCCC. The van der Waals surface area contributed by atoms with Crippen LogP contribution in [0.1, 0.15) is 258 Å². The number of carbonyl (C=O) groups excluding carboxylic acids is 2. The lowest BCUT2D eigenvalue weighted by molar-refractivity contribution is -0.151. The molecule has 0 aromatic heterocycles. The molecular weight excluding hydrogens is 719 g/mol. The summed E-state index contributed by atoms with van der Waals surface area (Å²) < 4.78 is 5.91. The van der Waals surface area contributed by atoms with Crippen molar-refractivity contribution in [2.45, 2.75) is 277 Å². The summed E-state index contributed by atoms with van der Waals surface area (Å²) in [5.74, 6) is -0.507. The first kappa shape index (κ1) is 56.1. The maximum Gasteiger partial charge on any atom is 0.306 e. The molecule has 0 spiro atoms. The van der Waals surface area contributed by atoms with Crippen LogP contribution in [0, 0.1) is 0 Å². The molecule has 0 aliphatic rings. The van der Waals surface area contributed by atoms with Crippen LogP contribution in [-0.2, 0) is 14.3 Å². The minimum absolute atomic E-state index is 0.0599. The number of aliphatic hydroxyl groups is 2. The van der Waals surface area contributed by atoms with Gasteiger partial charge < -0.3 is 20.3 Å². The Hall–Kier alpha value is -1.92. The smallest absolute Gasteiger partial charge is 0.306 e. The number of amides is 1. The van der Waals surface area contributed by atoms with Gasteiger partial charge in [-0.25, -0.2) is 0 Å². The lowest BCUT2D eigenvalue weighted by atomic mass is 10.0. The van der Waals surface area contributed by atoms with Gasteiger partial charge in [-0.15, -0.1) is 0 Å². The van der Waals surface area contributed by atoms with Crippen LogP contribution in [0.4, 0.5) is 0 Å². The summed E-state index contributed by atoms with van der Waals surface area (Å²) >= 11 is 0. The number of unbranched alkanes of at least 4 members (excludes halogenated alkanes) is 28. The van der Waals surface area contributed by atoms with E-state index in [0.717, 1.165) is 83.5 Å². The molecule has 0 aliphatic carbocycles. The fourth-order valence-corrected chi connectivity index (χ4v) is 7.59. The number of aliphatic hydroxyl groups excluding tert-OH is 2. The van der Waals surface area contributed by atoms with Crippen LogP contribution in [0.3, 0.4) is 0 Å². The first-order valence-electron chi connectivity index (χ1n) is 25.2. The highest BCUT2D eigenvalue weighted by Crippen LogP contribution is 2.17. The summed E-state index contributed by atoms with van der Waals surface area (Å²) in [6.45, 7) is 6.44. The summed E-state index contributed by atoms with van der Waals surface area (Å²) in [6.07, 6.45) is 53.4. The van der Waals surface area contributed by atoms with Crippen molar-refractivity contribution in [2.24, 2.45) is 0 Å². The first-order chi connectivity index (χ1) is 28.5.